The number of hydrogen-bond donors (Lipinski definition) is 1. The van der Waals surface area contributed by atoms with Crippen LogP contribution in [0, 0.1) is 0 Å². The maximum atomic E-state index is 11.8. The van der Waals surface area contributed by atoms with Crippen molar-refractivity contribution in [3.63, 3.8) is 0 Å². The van der Waals surface area contributed by atoms with Crippen LogP contribution < -0.4 is 5.32 Å². The van der Waals surface area contributed by atoms with Crippen molar-refractivity contribution in [3.8, 4) is 0 Å². The summed E-state index contributed by atoms with van der Waals surface area (Å²) in [5, 5.41) is 13.2. The van der Waals surface area contributed by atoms with Crippen molar-refractivity contribution < 1.29 is 14.4 Å². The molecule has 3 rings (SSSR count). The van der Waals surface area contributed by atoms with Crippen LogP contribution in [-0.4, -0.2) is 42.8 Å². The topological polar surface area (TPSA) is 110 Å². The molecule has 0 atom stereocenters. The van der Waals surface area contributed by atoms with Crippen LogP contribution in [0.3, 0.4) is 0 Å². The molecule has 118 valence electrons. The van der Waals surface area contributed by atoms with E-state index < -0.39 is 0 Å². The second-order valence-corrected chi connectivity index (χ2v) is 5.13. The minimum atomic E-state index is -0.255. The van der Waals surface area contributed by atoms with E-state index in [1.54, 1.807) is 24.3 Å². The van der Waals surface area contributed by atoms with Crippen LogP contribution >= 0.6 is 0 Å². The van der Waals surface area contributed by atoms with E-state index in [0.29, 0.717) is 5.69 Å². The summed E-state index contributed by atoms with van der Waals surface area (Å²) in [4.78, 5) is 36.2. The van der Waals surface area contributed by atoms with E-state index in [4.69, 9.17) is 0 Å². The van der Waals surface area contributed by atoms with Gasteiger partial charge in [0.1, 0.15) is 12.9 Å². The summed E-state index contributed by atoms with van der Waals surface area (Å²) >= 11 is 0. The number of aromatic nitrogens is 4. The van der Waals surface area contributed by atoms with Gasteiger partial charge in [-0.2, -0.15) is 0 Å². The second-order valence-electron chi connectivity index (χ2n) is 5.13. The van der Waals surface area contributed by atoms with E-state index in [0.717, 1.165) is 5.56 Å². The maximum Gasteiger partial charge on any atom is 0.246 e. The number of carbonyl (C=O) groups is 3. The van der Waals surface area contributed by atoms with Crippen molar-refractivity contribution in [2.45, 2.75) is 25.9 Å². The van der Waals surface area contributed by atoms with Gasteiger partial charge in [0.25, 0.3) is 0 Å². The average molecular weight is 314 g/mol. The highest BCUT2D eigenvalue weighted by Crippen LogP contribution is 2.17. The van der Waals surface area contributed by atoms with Crippen molar-refractivity contribution in [1.82, 2.24) is 25.1 Å². The largest absolute Gasteiger partial charge is 0.324 e. The van der Waals surface area contributed by atoms with E-state index in [9.17, 15) is 14.4 Å². The van der Waals surface area contributed by atoms with Gasteiger partial charge in [-0.1, -0.05) is 12.1 Å². The number of carbonyl (C=O) groups excluding carboxylic acids is 3. The summed E-state index contributed by atoms with van der Waals surface area (Å²) in [6.45, 7) is 0.280. The Morgan fingerprint density at radius 2 is 1.83 bits per heavy atom. The molecule has 2 aromatic rings. The summed E-state index contributed by atoms with van der Waals surface area (Å²) in [5.74, 6) is -0.544. The molecular formula is C14H14N6O3. The third kappa shape index (κ3) is 3.57. The van der Waals surface area contributed by atoms with Crippen LogP contribution in [0.1, 0.15) is 18.4 Å². The predicted molar refractivity (Wildman–Crippen MR) is 77.7 cm³/mol. The van der Waals surface area contributed by atoms with Gasteiger partial charge in [-0.25, -0.2) is 4.68 Å². The first-order valence-corrected chi connectivity index (χ1v) is 7.04. The Bertz CT molecular complexity index is 709. The highest BCUT2D eigenvalue weighted by Gasteiger charge is 2.28. The van der Waals surface area contributed by atoms with E-state index in [1.807, 2.05) is 0 Å². The molecule has 0 spiro atoms. The van der Waals surface area contributed by atoms with Crippen LogP contribution in [0.25, 0.3) is 0 Å². The van der Waals surface area contributed by atoms with Gasteiger partial charge in [-0.05, 0) is 28.1 Å². The smallest absolute Gasteiger partial charge is 0.246 e. The van der Waals surface area contributed by atoms with Crippen LogP contribution in [0.5, 0.6) is 0 Å². The summed E-state index contributed by atoms with van der Waals surface area (Å²) < 4.78 is 1.31. The molecule has 2 heterocycles. The Morgan fingerprint density at radius 1 is 1.13 bits per heavy atom. The first kappa shape index (κ1) is 14.8. The molecule has 1 N–H and O–H groups in total. The highest BCUT2D eigenvalue weighted by atomic mass is 16.2. The molecule has 9 heteroatoms. The van der Waals surface area contributed by atoms with Gasteiger partial charge in [-0.15, -0.1) is 5.10 Å². The Labute approximate surface area is 131 Å². The number of tetrazole rings is 1. The van der Waals surface area contributed by atoms with Crippen molar-refractivity contribution >= 4 is 23.4 Å². The van der Waals surface area contributed by atoms with Crippen molar-refractivity contribution in [3.05, 3.63) is 36.2 Å². The zero-order valence-corrected chi connectivity index (χ0v) is 12.2. The lowest BCUT2D eigenvalue weighted by Gasteiger charge is -2.14. The molecule has 0 radical (unpaired) electrons. The van der Waals surface area contributed by atoms with Crippen LogP contribution in [0.4, 0.5) is 5.69 Å². The van der Waals surface area contributed by atoms with E-state index in [2.05, 4.69) is 20.8 Å². The molecular weight excluding hydrogens is 300 g/mol. The molecule has 1 fully saturated rings. The van der Waals surface area contributed by atoms with E-state index in [-0.39, 0.29) is 43.7 Å². The quantitative estimate of drug-likeness (QED) is 0.775. The zero-order valence-electron chi connectivity index (χ0n) is 12.2. The maximum absolute atomic E-state index is 11.8. The van der Waals surface area contributed by atoms with Crippen molar-refractivity contribution in [1.29, 1.82) is 0 Å². The molecule has 1 aromatic carbocycles. The number of rotatable bonds is 5. The van der Waals surface area contributed by atoms with Gasteiger partial charge in [0, 0.05) is 18.5 Å². The monoisotopic (exact) mass is 314 g/mol. The van der Waals surface area contributed by atoms with E-state index in [1.165, 1.54) is 15.9 Å². The number of benzene rings is 1. The van der Waals surface area contributed by atoms with Crippen LogP contribution in [0.2, 0.25) is 0 Å². The molecule has 0 aliphatic carbocycles. The van der Waals surface area contributed by atoms with Gasteiger partial charge in [0.2, 0.25) is 17.7 Å². The lowest BCUT2D eigenvalue weighted by atomic mass is 10.2. The van der Waals surface area contributed by atoms with Gasteiger partial charge in [0.15, 0.2) is 0 Å². The predicted octanol–water partition coefficient (Wildman–Crippen LogP) is -0.0392. The van der Waals surface area contributed by atoms with Crippen LogP contribution in [-0.2, 0) is 27.5 Å². The van der Waals surface area contributed by atoms with Crippen molar-refractivity contribution in [2.75, 3.05) is 5.32 Å². The summed E-state index contributed by atoms with van der Waals surface area (Å²) in [7, 11) is 0. The molecule has 0 bridgehead atoms. The molecule has 3 amide bonds. The fourth-order valence-electron chi connectivity index (χ4n) is 2.28. The van der Waals surface area contributed by atoms with Crippen LogP contribution in [0.15, 0.2) is 30.6 Å². The number of imide groups is 1. The average Bonchev–Trinajstić information content (AvgIpc) is 3.14. The van der Waals surface area contributed by atoms with Gasteiger partial charge in [0.05, 0.1) is 6.54 Å². The first-order valence-electron chi connectivity index (χ1n) is 7.04. The van der Waals surface area contributed by atoms with Crippen molar-refractivity contribution in [2.24, 2.45) is 0 Å². The fraction of sp³-hybridized carbons (Fsp3) is 0.286. The number of anilines is 1. The minimum absolute atomic E-state index is 0.0194. The fourth-order valence-corrected chi connectivity index (χ4v) is 2.28. The van der Waals surface area contributed by atoms with Gasteiger partial charge < -0.3 is 5.32 Å². The number of amides is 3. The number of nitrogens with zero attached hydrogens (tertiary/aromatic N) is 5. The normalized spacial score (nSPS) is 14.3. The molecule has 1 saturated heterocycles. The minimum Gasteiger partial charge on any atom is -0.324 e. The Morgan fingerprint density at radius 3 is 2.43 bits per heavy atom. The number of nitrogens with one attached hydrogen (secondary N) is 1. The molecule has 1 aromatic heterocycles. The van der Waals surface area contributed by atoms with Gasteiger partial charge >= 0.3 is 0 Å². The second kappa shape index (κ2) is 6.34. The summed E-state index contributed by atoms with van der Waals surface area (Å²) in [6, 6.07) is 6.98. The summed E-state index contributed by atoms with van der Waals surface area (Å²) in [6.07, 6.45) is 1.92. The third-order valence-electron chi connectivity index (χ3n) is 3.43. The highest BCUT2D eigenvalue weighted by molar-refractivity contribution is 6.01. The molecule has 1 aliphatic heterocycles. The van der Waals surface area contributed by atoms with E-state index >= 15 is 0 Å². The first-order chi connectivity index (χ1) is 11.1. The Hall–Kier alpha value is -3.10. The Kier molecular flexibility index (Phi) is 4.09. The number of likely N-dealkylation sites (tertiary alicyclic amines) is 1. The SMILES string of the molecule is O=C(Cn1cnnn1)Nc1ccc(CN2C(=O)CCC2=O)cc1. The molecule has 9 nitrogen and oxygen atoms in total. The third-order valence-corrected chi connectivity index (χ3v) is 3.43. The molecule has 0 saturated carbocycles. The van der Waals surface area contributed by atoms with Gasteiger partial charge in [-0.3, -0.25) is 19.3 Å². The Balaban J connectivity index is 1.57. The number of hydrogen-bond acceptors (Lipinski definition) is 6. The molecule has 23 heavy (non-hydrogen) atoms. The lowest BCUT2D eigenvalue weighted by molar-refractivity contribution is -0.139. The summed E-state index contributed by atoms with van der Waals surface area (Å²) in [5.41, 5.74) is 1.44. The zero-order chi connectivity index (χ0) is 16.2. The lowest BCUT2D eigenvalue weighted by Crippen LogP contribution is -2.28. The standard InChI is InChI=1S/C14H14N6O3/c21-12(8-19-9-15-17-18-19)16-11-3-1-10(2-4-11)7-20-13(22)5-6-14(20)23/h1-4,9H,5-8H2,(H,16,21). The molecule has 1 aliphatic rings. The molecule has 0 unspecified atom stereocenters.